The molecule has 0 aliphatic heterocycles. The van der Waals surface area contributed by atoms with Crippen LogP contribution in [0.25, 0.3) is 42.3 Å². The predicted octanol–water partition coefficient (Wildman–Crippen LogP) is 5.06. The summed E-state index contributed by atoms with van der Waals surface area (Å²) in [4.78, 5) is 13.6. The number of thiophene rings is 1. The molecule has 0 fully saturated rings. The summed E-state index contributed by atoms with van der Waals surface area (Å²) in [7, 11) is 0. The second kappa shape index (κ2) is 4.83. The molecule has 0 amide bonds. The molecule has 0 radical (unpaired) electrons. The fraction of sp³-hybridized carbons (Fsp3) is 0. The maximum atomic E-state index is 4.67. The zero-order valence-electron chi connectivity index (χ0n) is 12.1. The standard InChI is InChI=1S/C19H11N3S/c1-2-4-13-12(3-1)5-9-21-18(13)19-17-14-11-20-8-6-15(14)23-16(17)7-10-22-19/h1-11H. The molecule has 0 bridgehead atoms. The van der Waals surface area contributed by atoms with Crippen LogP contribution in [0.3, 0.4) is 0 Å². The van der Waals surface area contributed by atoms with Crippen LogP contribution in [0.15, 0.2) is 67.3 Å². The highest BCUT2D eigenvalue weighted by Crippen LogP contribution is 2.39. The smallest absolute Gasteiger partial charge is 0.0986 e. The maximum Gasteiger partial charge on any atom is 0.0986 e. The first kappa shape index (κ1) is 12.7. The topological polar surface area (TPSA) is 38.7 Å². The molecule has 4 heteroatoms. The second-order valence-electron chi connectivity index (χ2n) is 5.39. The lowest BCUT2D eigenvalue weighted by molar-refractivity contribution is 1.29. The molecular formula is C19H11N3S. The maximum absolute atomic E-state index is 4.67. The number of hydrogen-bond acceptors (Lipinski definition) is 4. The summed E-state index contributed by atoms with van der Waals surface area (Å²) in [6.07, 6.45) is 7.47. The third-order valence-corrected chi connectivity index (χ3v) is 5.22. The molecule has 0 aliphatic rings. The summed E-state index contributed by atoms with van der Waals surface area (Å²) >= 11 is 1.77. The highest BCUT2D eigenvalue weighted by molar-refractivity contribution is 7.25. The number of hydrogen-bond donors (Lipinski definition) is 0. The Kier molecular flexibility index (Phi) is 2.66. The molecule has 0 atom stereocenters. The van der Waals surface area contributed by atoms with E-state index in [9.17, 15) is 0 Å². The van der Waals surface area contributed by atoms with Gasteiger partial charge in [-0.15, -0.1) is 11.3 Å². The molecule has 4 aromatic heterocycles. The molecule has 108 valence electrons. The summed E-state index contributed by atoms with van der Waals surface area (Å²) in [5.41, 5.74) is 1.86. The quantitative estimate of drug-likeness (QED) is 0.434. The lowest BCUT2D eigenvalue weighted by Gasteiger charge is -2.06. The van der Waals surface area contributed by atoms with Crippen LogP contribution in [0.1, 0.15) is 0 Å². The summed E-state index contributed by atoms with van der Waals surface area (Å²) in [6.45, 7) is 0. The van der Waals surface area contributed by atoms with Crippen molar-refractivity contribution in [3.63, 3.8) is 0 Å². The first-order chi connectivity index (χ1) is 11.4. The number of fused-ring (bicyclic) bond motifs is 4. The van der Waals surface area contributed by atoms with Gasteiger partial charge in [0.25, 0.3) is 0 Å². The van der Waals surface area contributed by atoms with Crippen molar-refractivity contribution in [2.24, 2.45) is 0 Å². The Bertz CT molecular complexity index is 1170. The highest BCUT2D eigenvalue weighted by Gasteiger charge is 2.14. The minimum atomic E-state index is 0.928. The average Bonchev–Trinajstić information content (AvgIpc) is 3.00. The van der Waals surface area contributed by atoms with E-state index in [4.69, 9.17) is 0 Å². The van der Waals surface area contributed by atoms with E-state index < -0.39 is 0 Å². The Morgan fingerprint density at radius 3 is 2.52 bits per heavy atom. The molecule has 0 spiro atoms. The number of benzene rings is 1. The first-order valence-electron chi connectivity index (χ1n) is 7.37. The van der Waals surface area contributed by atoms with Gasteiger partial charge in [0.2, 0.25) is 0 Å². The van der Waals surface area contributed by atoms with Gasteiger partial charge >= 0.3 is 0 Å². The second-order valence-corrected chi connectivity index (χ2v) is 6.47. The lowest BCUT2D eigenvalue weighted by atomic mass is 10.0. The minimum Gasteiger partial charge on any atom is -0.264 e. The molecule has 1 aromatic carbocycles. The van der Waals surface area contributed by atoms with Gasteiger partial charge in [-0.05, 0) is 23.6 Å². The first-order valence-corrected chi connectivity index (χ1v) is 8.19. The zero-order valence-corrected chi connectivity index (χ0v) is 12.9. The van der Waals surface area contributed by atoms with Crippen molar-refractivity contribution in [2.75, 3.05) is 0 Å². The van der Waals surface area contributed by atoms with Crippen LogP contribution in [-0.4, -0.2) is 15.0 Å². The number of pyridine rings is 3. The highest BCUT2D eigenvalue weighted by atomic mass is 32.1. The Hall–Kier alpha value is -2.85. The van der Waals surface area contributed by atoms with Gasteiger partial charge in [-0.1, -0.05) is 24.3 Å². The van der Waals surface area contributed by atoms with Gasteiger partial charge in [-0.3, -0.25) is 15.0 Å². The summed E-state index contributed by atoms with van der Waals surface area (Å²) in [6, 6.07) is 14.4. The van der Waals surface area contributed by atoms with E-state index >= 15 is 0 Å². The lowest BCUT2D eigenvalue weighted by Crippen LogP contribution is -1.89. The number of rotatable bonds is 1. The SMILES string of the molecule is c1ccc2c(-c3nccc4sc5ccncc5c34)nccc2c1. The zero-order chi connectivity index (χ0) is 15.2. The molecule has 0 unspecified atom stereocenters. The van der Waals surface area contributed by atoms with Crippen molar-refractivity contribution in [3.8, 4) is 11.4 Å². The van der Waals surface area contributed by atoms with Gasteiger partial charge in [0.15, 0.2) is 0 Å². The molecule has 0 aliphatic carbocycles. The van der Waals surface area contributed by atoms with Crippen molar-refractivity contribution in [3.05, 3.63) is 67.3 Å². The summed E-state index contributed by atoms with van der Waals surface area (Å²) in [5.74, 6) is 0. The fourth-order valence-corrected chi connectivity index (χ4v) is 4.12. The Morgan fingerprint density at radius 1 is 0.696 bits per heavy atom. The van der Waals surface area contributed by atoms with Gasteiger partial charge < -0.3 is 0 Å². The van der Waals surface area contributed by atoms with E-state index in [0.717, 1.165) is 27.5 Å². The summed E-state index contributed by atoms with van der Waals surface area (Å²) in [5, 5.41) is 4.59. The summed E-state index contributed by atoms with van der Waals surface area (Å²) < 4.78 is 2.44. The molecule has 23 heavy (non-hydrogen) atoms. The largest absolute Gasteiger partial charge is 0.264 e. The van der Waals surface area contributed by atoms with Crippen molar-refractivity contribution in [1.29, 1.82) is 0 Å². The average molecular weight is 313 g/mol. The molecule has 3 nitrogen and oxygen atoms in total. The predicted molar refractivity (Wildman–Crippen MR) is 95.7 cm³/mol. The number of aromatic nitrogens is 3. The van der Waals surface area contributed by atoms with Crippen molar-refractivity contribution in [2.45, 2.75) is 0 Å². The van der Waals surface area contributed by atoms with Crippen LogP contribution >= 0.6 is 11.3 Å². The molecule has 4 heterocycles. The molecule has 5 rings (SSSR count). The van der Waals surface area contributed by atoms with Crippen LogP contribution < -0.4 is 0 Å². The van der Waals surface area contributed by atoms with Crippen molar-refractivity contribution in [1.82, 2.24) is 15.0 Å². The van der Waals surface area contributed by atoms with E-state index in [2.05, 4.69) is 39.2 Å². The molecule has 5 aromatic rings. The van der Waals surface area contributed by atoms with Crippen LogP contribution in [0.5, 0.6) is 0 Å². The van der Waals surface area contributed by atoms with E-state index in [0.29, 0.717) is 0 Å². The van der Waals surface area contributed by atoms with Crippen LogP contribution in [0.2, 0.25) is 0 Å². The van der Waals surface area contributed by atoms with E-state index in [1.54, 1.807) is 11.3 Å². The van der Waals surface area contributed by atoms with E-state index in [1.807, 2.05) is 43.0 Å². The van der Waals surface area contributed by atoms with Crippen LogP contribution in [-0.2, 0) is 0 Å². The number of nitrogens with zero attached hydrogens (tertiary/aromatic N) is 3. The van der Waals surface area contributed by atoms with Gasteiger partial charge in [0.1, 0.15) is 0 Å². The van der Waals surface area contributed by atoms with Crippen LogP contribution in [0, 0.1) is 0 Å². The van der Waals surface area contributed by atoms with E-state index in [-0.39, 0.29) is 0 Å². The van der Waals surface area contributed by atoms with Crippen molar-refractivity contribution < 1.29 is 0 Å². The minimum absolute atomic E-state index is 0.928. The third-order valence-electron chi connectivity index (χ3n) is 4.08. The fourth-order valence-electron chi connectivity index (χ4n) is 3.05. The normalized spacial score (nSPS) is 11.5. The monoisotopic (exact) mass is 313 g/mol. The van der Waals surface area contributed by atoms with Gasteiger partial charge in [-0.25, -0.2) is 0 Å². The van der Waals surface area contributed by atoms with Crippen molar-refractivity contribution >= 4 is 42.3 Å². The van der Waals surface area contributed by atoms with Crippen LogP contribution in [0.4, 0.5) is 0 Å². The van der Waals surface area contributed by atoms with Gasteiger partial charge in [0, 0.05) is 50.3 Å². The molecule has 0 saturated carbocycles. The Labute approximate surface area is 136 Å². The van der Waals surface area contributed by atoms with Gasteiger partial charge in [0.05, 0.1) is 11.4 Å². The Balaban J connectivity index is 1.96. The molecule has 0 saturated heterocycles. The van der Waals surface area contributed by atoms with E-state index in [1.165, 1.54) is 14.8 Å². The molecule has 0 N–H and O–H groups in total. The Morgan fingerprint density at radius 2 is 1.52 bits per heavy atom. The van der Waals surface area contributed by atoms with Gasteiger partial charge in [-0.2, -0.15) is 0 Å². The third kappa shape index (κ3) is 1.85. The molecular weight excluding hydrogens is 302 g/mol.